The van der Waals surface area contributed by atoms with Gasteiger partial charge in [0.2, 0.25) is 5.88 Å². The lowest BCUT2D eigenvalue weighted by Crippen LogP contribution is -2.34. The van der Waals surface area contributed by atoms with Crippen LogP contribution in [-0.4, -0.2) is 44.3 Å². The van der Waals surface area contributed by atoms with Gasteiger partial charge in [0.25, 0.3) is 5.91 Å². The molecule has 0 saturated carbocycles. The van der Waals surface area contributed by atoms with Crippen molar-refractivity contribution in [2.75, 3.05) is 27.4 Å². The molecule has 0 saturated heterocycles. The molecule has 1 atom stereocenters. The maximum absolute atomic E-state index is 13.1. The fourth-order valence-corrected chi connectivity index (χ4v) is 2.13. The van der Waals surface area contributed by atoms with E-state index in [1.807, 2.05) is 0 Å². The van der Waals surface area contributed by atoms with Gasteiger partial charge < -0.3 is 19.5 Å². The second kappa shape index (κ2) is 9.47. The van der Waals surface area contributed by atoms with Crippen molar-refractivity contribution in [1.82, 2.24) is 10.3 Å². The number of benzene rings is 1. The first kappa shape index (κ1) is 19.3. The molecule has 1 N–H and O–H groups in total. The maximum Gasteiger partial charge on any atom is 0.333 e. The lowest BCUT2D eigenvalue weighted by molar-refractivity contribution is -0.143. The summed E-state index contributed by atoms with van der Waals surface area (Å²) in [7, 11) is 2.75. The van der Waals surface area contributed by atoms with E-state index in [1.165, 1.54) is 49.7 Å². The van der Waals surface area contributed by atoms with Gasteiger partial charge in [-0.05, 0) is 23.8 Å². The summed E-state index contributed by atoms with van der Waals surface area (Å²) in [6, 6.07) is 7.07. The van der Waals surface area contributed by atoms with Crippen LogP contribution < -0.4 is 10.1 Å². The summed E-state index contributed by atoms with van der Waals surface area (Å²) in [4.78, 5) is 28.5. The Morgan fingerprint density at radius 2 is 1.88 bits per heavy atom. The number of methoxy groups -OCH3 is 2. The molecule has 0 aliphatic heterocycles. The van der Waals surface area contributed by atoms with Crippen LogP contribution in [0.2, 0.25) is 0 Å². The van der Waals surface area contributed by atoms with Gasteiger partial charge in [-0.25, -0.2) is 14.2 Å². The first-order valence-corrected chi connectivity index (χ1v) is 7.77. The van der Waals surface area contributed by atoms with Crippen LogP contribution in [0.1, 0.15) is 22.0 Å². The minimum Gasteiger partial charge on any atom is -0.475 e. The average Bonchev–Trinajstić information content (AvgIpc) is 2.66. The summed E-state index contributed by atoms with van der Waals surface area (Å²) < 4.78 is 28.1. The van der Waals surface area contributed by atoms with E-state index in [0.717, 1.165) is 0 Å². The molecule has 0 fully saturated rings. The quantitative estimate of drug-likeness (QED) is 0.570. The molecule has 1 heterocycles. The monoisotopic (exact) mass is 362 g/mol. The number of halogens is 1. The highest BCUT2D eigenvalue weighted by Gasteiger charge is 2.24. The van der Waals surface area contributed by atoms with Crippen molar-refractivity contribution in [2.24, 2.45) is 0 Å². The Labute approximate surface area is 150 Å². The number of carbonyl (C=O) groups excluding carboxylic acids is 2. The summed E-state index contributed by atoms with van der Waals surface area (Å²) in [5.74, 6) is -1.39. The highest BCUT2D eigenvalue weighted by molar-refractivity contribution is 5.97. The van der Waals surface area contributed by atoms with Gasteiger partial charge in [0.15, 0.2) is 6.04 Å². The molecule has 7 nitrogen and oxygen atoms in total. The molecular formula is C18H19FN2O5. The fraction of sp³-hybridized carbons (Fsp3) is 0.278. The molecule has 1 aromatic carbocycles. The van der Waals surface area contributed by atoms with Gasteiger partial charge in [-0.15, -0.1) is 0 Å². The van der Waals surface area contributed by atoms with E-state index in [2.05, 4.69) is 10.3 Å². The van der Waals surface area contributed by atoms with Crippen LogP contribution in [0.15, 0.2) is 42.6 Å². The van der Waals surface area contributed by atoms with Crippen LogP contribution in [0.4, 0.5) is 4.39 Å². The van der Waals surface area contributed by atoms with E-state index in [4.69, 9.17) is 14.2 Å². The van der Waals surface area contributed by atoms with Crippen molar-refractivity contribution in [3.8, 4) is 5.88 Å². The number of aromatic nitrogens is 1. The van der Waals surface area contributed by atoms with Crippen LogP contribution >= 0.6 is 0 Å². The second-order valence-corrected chi connectivity index (χ2v) is 5.21. The maximum atomic E-state index is 13.1. The summed E-state index contributed by atoms with van der Waals surface area (Å²) in [5, 5.41) is 2.57. The summed E-state index contributed by atoms with van der Waals surface area (Å²) in [6.45, 7) is 0.669. The standard InChI is InChI=1S/C18H19FN2O5/c1-24-9-10-26-15-11-13(7-8-20-15)17(22)21-16(18(23)25-2)12-3-5-14(19)6-4-12/h3-8,11,16H,9-10H2,1-2H3,(H,21,22)/t16-/m0/s1. The van der Waals surface area contributed by atoms with Crippen LogP contribution in [0, 0.1) is 5.82 Å². The Hall–Kier alpha value is -3.00. The molecule has 0 aliphatic rings. The molecule has 0 radical (unpaired) electrons. The van der Waals surface area contributed by atoms with E-state index in [0.29, 0.717) is 12.2 Å². The minimum atomic E-state index is -1.07. The molecule has 138 valence electrons. The topological polar surface area (TPSA) is 86.8 Å². The number of pyridine rings is 1. The molecule has 0 unspecified atom stereocenters. The third kappa shape index (κ3) is 5.25. The van der Waals surface area contributed by atoms with E-state index in [-0.39, 0.29) is 18.1 Å². The summed E-state index contributed by atoms with van der Waals surface area (Å²) >= 11 is 0. The molecular weight excluding hydrogens is 343 g/mol. The van der Waals surface area contributed by atoms with Gasteiger partial charge in [-0.3, -0.25) is 4.79 Å². The molecule has 0 spiro atoms. The number of amides is 1. The van der Waals surface area contributed by atoms with Crippen molar-refractivity contribution in [3.05, 3.63) is 59.5 Å². The van der Waals surface area contributed by atoms with E-state index in [1.54, 1.807) is 7.11 Å². The summed E-state index contributed by atoms with van der Waals surface area (Å²) in [5.41, 5.74) is 0.653. The summed E-state index contributed by atoms with van der Waals surface area (Å²) in [6.07, 6.45) is 1.42. The number of nitrogens with one attached hydrogen (secondary N) is 1. The zero-order valence-electron chi connectivity index (χ0n) is 14.4. The number of hydrogen-bond acceptors (Lipinski definition) is 6. The SMILES string of the molecule is COCCOc1cc(C(=O)N[C@H](C(=O)OC)c2ccc(F)cc2)ccn1. The van der Waals surface area contributed by atoms with Gasteiger partial charge in [-0.2, -0.15) is 0 Å². The Balaban J connectivity index is 2.15. The van der Waals surface area contributed by atoms with Crippen LogP contribution in [0.5, 0.6) is 5.88 Å². The number of esters is 1. The Morgan fingerprint density at radius 3 is 2.54 bits per heavy atom. The Kier molecular flexibility index (Phi) is 7.04. The molecule has 1 amide bonds. The fourth-order valence-electron chi connectivity index (χ4n) is 2.13. The molecule has 0 bridgehead atoms. The third-order valence-corrected chi connectivity index (χ3v) is 3.45. The van der Waals surface area contributed by atoms with Gasteiger partial charge >= 0.3 is 5.97 Å². The zero-order chi connectivity index (χ0) is 18.9. The van der Waals surface area contributed by atoms with E-state index < -0.39 is 23.7 Å². The third-order valence-electron chi connectivity index (χ3n) is 3.45. The number of ether oxygens (including phenoxy) is 3. The van der Waals surface area contributed by atoms with Gasteiger partial charge in [0.1, 0.15) is 12.4 Å². The molecule has 2 aromatic rings. The minimum absolute atomic E-state index is 0.253. The highest BCUT2D eigenvalue weighted by Crippen LogP contribution is 2.17. The number of rotatable bonds is 8. The molecule has 0 aliphatic carbocycles. The van der Waals surface area contributed by atoms with Gasteiger partial charge in [-0.1, -0.05) is 12.1 Å². The number of carbonyl (C=O) groups is 2. The van der Waals surface area contributed by atoms with Crippen molar-refractivity contribution in [3.63, 3.8) is 0 Å². The predicted molar refractivity (Wildman–Crippen MR) is 90.2 cm³/mol. The lowest BCUT2D eigenvalue weighted by atomic mass is 10.1. The molecule has 26 heavy (non-hydrogen) atoms. The zero-order valence-corrected chi connectivity index (χ0v) is 14.4. The molecule has 8 heteroatoms. The van der Waals surface area contributed by atoms with Crippen LogP contribution in [0.25, 0.3) is 0 Å². The molecule has 2 rings (SSSR count). The normalized spacial score (nSPS) is 11.5. The van der Waals surface area contributed by atoms with E-state index >= 15 is 0 Å². The van der Waals surface area contributed by atoms with Crippen molar-refractivity contribution in [2.45, 2.75) is 6.04 Å². The average molecular weight is 362 g/mol. The molecule has 1 aromatic heterocycles. The van der Waals surface area contributed by atoms with Crippen LogP contribution in [-0.2, 0) is 14.3 Å². The van der Waals surface area contributed by atoms with Crippen molar-refractivity contribution >= 4 is 11.9 Å². The second-order valence-electron chi connectivity index (χ2n) is 5.21. The first-order chi connectivity index (χ1) is 12.5. The Bertz CT molecular complexity index is 752. The van der Waals surface area contributed by atoms with Crippen molar-refractivity contribution < 1.29 is 28.2 Å². The largest absolute Gasteiger partial charge is 0.475 e. The van der Waals surface area contributed by atoms with Crippen molar-refractivity contribution in [1.29, 1.82) is 0 Å². The Morgan fingerprint density at radius 1 is 1.15 bits per heavy atom. The number of nitrogens with zero attached hydrogens (tertiary/aromatic N) is 1. The first-order valence-electron chi connectivity index (χ1n) is 7.77. The van der Waals surface area contributed by atoms with Crippen LogP contribution in [0.3, 0.4) is 0 Å². The number of hydrogen-bond donors (Lipinski definition) is 1. The smallest absolute Gasteiger partial charge is 0.333 e. The predicted octanol–water partition coefficient (Wildman–Crippen LogP) is 1.89. The lowest BCUT2D eigenvalue weighted by Gasteiger charge is -2.17. The van der Waals surface area contributed by atoms with Gasteiger partial charge in [0.05, 0.1) is 13.7 Å². The van der Waals surface area contributed by atoms with E-state index in [9.17, 15) is 14.0 Å². The highest BCUT2D eigenvalue weighted by atomic mass is 19.1. The van der Waals surface area contributed by atoms with Gasteiger partial charge in [0, 0.05) is 24.9 Å².